The van der Waals surface area contributed by atoms with Crippen LogP contribution in [0.4, 0.5) is 0 Å². The molecule has 1 nitrogen and oxygen atoms in total. The monoisotopic (exact) mass is 380 g/mol. The van der Waals surface area contributed by atoms with Crippen molar-refractivity contribution in [3.63, 3.8) is 0 Å². The Morgan fingerprint density at radius 2 is 1.36 bits per heavy atom. The Morgan fingerprint density at radius 3 is 2.14 bits per heavy atom. The van der Waals surface area contributed by atoms with Gasteiger partial charge in [0.05, 0.1) is 0 Å². The molecular weight excluding hydrogens is 360 g/mol. The summed E-state index contributed by atoms with van der Waals surface area (Å²) in [7, 11) is 0. The molecule has 0 aliphatic carbocycles. The highest BCUT2D eigenvalue weighted by molar-refractivity contribution is 7.99. The molecule has 0 aromatic heterocycles. The van der Waals surface area contributed by atoms with Crippen molar-refractivity contribution in [3.05, 3.63) is 120 Å². The molecule has 0 fully saturated rings. The van der Waals surface area contributed by atoms with Crippen LogP contribution in [0.5, 0.6) is 0 Å². The van der Waals surface area contributed by atoms with E-state index >= 15 is 0 Å². The maximum Gasteiger partial charge on any atom is 0.193 e. The molecule has 0 amide bonds. The number of aryl methyl sites for hydroxylation is 1. The van der Waals surface area contributed by atoms with E-state index < -0.39 is 0 Å². The quantitative estimate of drug-likeness (QED) is 0.345. The van der Waals surface area contributed by atoms with E-state index in [4.69, 9.17) is 0 Å². The molecule has 0 heterocycles. The van der Waals surface area contributed by atoms with Crippen LogP contribution in [-0.4, -0.2) is 5.78 Å². The van der Waals surface area contributed by atoms with E-state index in [9.17, 15) is 4.79 Å². The maximum absolute atomic E-state index is 12.8. The number of benzene rings is 4. The van der Waals surface area contributed by atoms with Gasteiger partial charge in [-0.3, -0.25) is 4.79 Å². The Balaban J connectivity index is 1.68. The number of hydrogen-bond acceptors (Lipinski definition) is 2. The lowest BCUT2D eigenvalue weighted by Crippen LogP contribution is -2.01. The second-order valence-electron chi connectivity index (χ2n) is 6.69. The summed E-state index contributed by atoms with van der Waals surface area (Å²) in [6, 6.07) is 34.2. The Labute approximate surface area is 170 Å². The van der Waals surface area contributed by atoms with E-state index in [-0.39, 0.29) is 5.78 Å². The zero-order valence-corrected chi connectivity index (χ0v) is 16.4. The Bertz CT molecular complexity index is 1100. The minimum absolute atomic E-state index is 0.0473. The molecule has 4 aromatic rings. The summed E-state index contributed by atoms with van der Waals surface area (Å²) in [5.74, 6) is 0.0473. The molecule has 0 aliphatic heterocycles. The van der Waals surface area contributed by atoms with Gasteiger partial charge in [-0.05, 0) is 42.3 Å². The topological polar surface area (TPSA) is 17.1 Å². The van der Waals surface area contributed by atoms with Crippen LogP contribution in [0.2, 0.25) is 0 Å². The van der Waals surface area contributed by atoms with Gasteiger partial charge in [0.15, 0.2) is 5.78 Å². The molecule has 0 radical (unpaired) electrons. The van der Waals surface area contributed by atoms with Gasteiger partial charge in [0, 0.05) is 20.9 Å². The first-order chi connectivity index (χ1) is 13.7. The second-order valence-corrected chi connectivity index (χ2v) is 7.80. The standard InChI is InChI=1S/C26H20OS/c1-19-14-16-23(17-15-19)28-25-13-6-5-12-24(25)21-10-7-11-22(18-21)26(27)20-8-3-2-4-9-20/h2-18H,1H3. The Morgan fingerprint density at radius 1 is 0.679 bits per heavy atom. The largest absolute Gasteiger partial charge is 0.289 e. The fourth-order valence-corrected chi connectivity index (χ4v) is 4.08. The van der Waals surface area contributed by atoms with Gasteiger partial charge in [-0.1, -0.05) is 96.2 Å². The predicted molar refractivity (Wildman–Crippen MR) is 117 cm³/mol. The summed E-state index contributed by atoms with van der Waals surface area (Å²) in [5, 5.41) is 0. The van der Waals surface area contributed by atoms with E-state index in [1.54, 1.807) is 11.8 Å². The van der Waals surface area contributed by atoms with Crippen molar-refractivity contribution in [2.45, 2.75) is 16.7 Å². The fourth-order valence-electron chi connectivity index (χ4n) is 3.11. The average molecular weight is 381 g/mol. The maximum atomic E-state index is 12.8. The first-order valence-electron chi connectivity index (χ1n) is 9.24. The van der Waals surface area contributed by atoms with Crippen molar-refractivity contribution in [1.82, 2.24) is 0 Å². The van der Waals surface area contributed by atoms with Crippen molar-refractivity contribution < 1.29 is 4.79 Å². The number of carbonyl (C=O) groups is 1. The fraction of sp³-hybridized carbons (Fsp3) is 0.0385. The minimum Gasteiger partial charge on any atom is -0.289 e. The average Bonchev–Trinajstić information content (AvgIpc) is 2.76. The third-order valence-electron chi connectivity index (χ3n) is 4.61. The van der Waals surface area contributed by atoms with Crippen LogP contribution >= 0.6 is 11.8 Å². The smallest absolute Gasteiger partial charge is 0.193 e. The lowest BCUT2D eigenvalue weighted by molar-refractivity contribution is 0.103. The van der Waals surface area contributed by atoms with Crippen molar-refractivity contribution in [2.75, 3.05) is 0 Å². The third-order valence-corrected chi connectivity index (χ3v) is 5.69. The van der Waals surface area contributed by atoms with E-state index in [1.807, 2.05) is 54.6 Å². The highest BCUT2D eigenvalue weighted by Crippen LogP contribution is 2.36. The lowest BCUT2D eigenvalue weighted by atomic mass is 9.98. The van der Waals surface area contributed by atoms with E-state index in [1.165, 1.54) is 15.4 Å². The Kier molecular flexibility index (Phi) is 5.41. The first kappa shape index (κ1) is 18.3. The molecule has 0 atom stereocenters. The van der Waals surface area contributed by atoms with Crippen LogP contribution in [0.25, 0.3) is 11.1 Å². The first-order valence-corrected chi connectivity index (χ1v) is 10.1. The van der Waals surface area contributed by atoms with E-state index in [0.29, 0.717) is 11.1 Å². The van der Waals surface area contributed by atoms with Gasteiger partial charge in [0.2, 0.25) is 0 Å². The van der Waals surface area contributed by atoms with E-state index in [2.05, 4.69) is 55.5 Å². The SMILES string of the molecule is Cc1ccc(Sc2ccccc2-c2cccc(C(=O)c3ccccc3)c2)cc1. The highest BCUT2D eigenvalue weighted by Gasteiger charge is 2.12. The van der Waals surface area contributed by atoms with Crippen LogP contribution in [0.3, 0.4) is 0 Å². The molecular formula is C26H20OS. The van der Waals surface area contributed by atoms with Crippen LogP contribution in [0, 0.1) is 6.92 Å². The predicted octanol–water partition coefficient (Wildman–Crippen LogP) is 7.04. The summed E-state index contributed by atoms with van der Waals surface area (Å²) in [6.45, 7) is 2.09. The van der Waals surface area contributed by atoms with Crippen molar-refractivity contribution >= 4 is 17.5 Å². The van der Waals surface area contributed by atoms with Crippen molar-refractivity contribution in [2.24, 2.45) is 0 Å². The van der Waals surface area contributed by atoms with Gasteiger partial charge in [0.1, 0.15) is 0 Å². The summed E-state index contributed by atoms with van der Waals surface area (Å²) < 4.78 is 0. The Hall–Kier alpha value is -3.10. The third kappa shape index (κ3) is 4.08. The molecule has 0 N–H and O–H groups in total. The summed E-state index contributed by atoms with van der Waals surface area (Å²) in [6.07, 6.45) is 0. The molecule has 0 saturated carbocycles. The number of rotatable bonds is 5. The molecule has 2 heteroatoms. The molecule has 0 aliphatic rings. The van der Waals surface area contributed by atoms with Gasteiger partial charge in [0.25, 0.3) is 0 Å². The zero-order chi connectivity index (χ0) is 19.3. The van der Waals surface area contributed by atoms with Gasteiger partial charge in [-0.15, -0.1) is 0 Å². The normalized spacial score (nSPS) is 10.6. The van der Waals surface area contributed by atoms with Crippen LogP contribution in [-0.2, 0) is 0 Å². The summed E-state index contributed by atoms with van der Waals surface area (Å²) in [5.41, 5.74) is 4.86. The minimum atomic E-state index is 0.0473. The van der Waals surface area contributed by atoms with Crippen LogP contribution in [0.15, 0.2) is 113 Å². The highest BCUT2D eigenvalue weighted by atomic mass is 32.2. The molecule has 4 aromatic carbocycles. The van der Waals surface area contributed by atoms with Crippen LogP contribution < -0.4 is 0 Å². The van der Waals surface area contributed by atoms with Gasteiger partial charge < -0.3 is 0 Å². The van der Waals surface area contributed by atoms with Crippen molar-refractivity contribution in [1.29, 1.82) is 0 Å². The van der Waals surface area contributed by atoms with E-state index in [0.717, 1.165) is 11.1 Å². The lowest BCUT2D eigenvalue weighted by Gasteiger charge is -2.11. The summed E-state index contributed by atoms with van der Waals surface area (Å²) in [4.78, 5) is 15.2. The summed E-state index contributed by atoms with van der Waals surface area (Å²) >= 11 is 1.74. The van der Waals surface area contributed by atoms with Crippen molar-refractivity contribution in [3.8, 4) is 11.1 Å². The molecule has 0 saturated heterocycles. The molecule has 4 rings (SSSR count). The molecule has 28 heavy (non-hydrogen) atoms. The van der Waals surface area contributed by atoms with Crippen LogP contribution in [0.1, 0.15) is 21.5 Å². The number of carbonyl (C=O) groups excluding carboxylic acids is 1. The molecule has 0 unspecified atom stereocenters. The molecule has 0 spiro atoms. The van der Waals surface area contributed by atoms with Gasteiger partial charge in [-0.2, -0.15) is 0 Å². The molecule has 0 bridgehead atoms. The van der Waals surface area contributed by atoms with Gasteiger partial charge in [-0.25, -0.2) is 0 Å². The second kappa shape index (κ2) is 8.28. The molecule has 136 valence electrons. The zero-order valence-electron chi connectivity index (χ0n) is 15.6. The number of ketones is 1. The number of hydrogen-bond donors (Lipinski definition) is 0. The van der Waals surface area contributed by atoms with Gasteiger partial charge >= 0.3 is 0 Å².